The van der Waals surface area contributed by atoms with Gasteiger partial charge in [0.25, 0.3) is 5.91 Å². The van der Waals surface area contributed by atoms with Crippen molar-refractivity contribution in [3.63, 3.8) is 0 Å². The average Bonchev–Trinajstić information content (AvgIpc) is 2.41. The first kappa shape index (κ1) is 15.0. The summed E-state index contributed by atoms with van der Waals surface area (Å²) in [5.74, 6) is 0.843. The van der Waals surface area contributed by atoms with Crippen LogP contribution in [-0.2, 0) is 0 Å². The lowest BCUT2D eigenvalue weighted by Crippen LogP contribution is -2.39. The van der Waals surface area contributed by atoms with Crippen molar-refractivity contribution in [3.8, 4) is 0 Å². The maximum atomic E-state index is 12.4. The first-order valence-electron chi connectivity index (χ1n) is 6.68. The number of amides is 1. The molecule has 104 valence electrons. The van der Waals surface area contributed by atoms with Gasteiger partial charge < -0.3 is 4.90 Å². The van der Waals surface area contributed by atoms with E-state index in [4.69, 9.17) is 0 Å². The van der Waals surface area contributed by atoms with Gasteiger partial charge in [-0.1, -0.05) is 44.8 Å². The predicted octanol–water partition coefficient (Wildman–Crippen LogP) is 4.39. The van der Waals surface area contributed by atoms with Gasteiger partial charge >= 0.3 is 0 Å². The van der Waals surface area contributed by atoms with Gasteiger partial charge in [-0.3, -0.25) is 4.79 Å². The number of alkyl halides is 1. The molecule has 0 bridgehead atoms. The molecule has 0 aliphatic carbocycles. The number of hydrogen-bond acceptors (Lipinski definition) is 1. The first-order valence-corrected chi connectivity index (χ1v) is 8.39. The van der Waals surface area contributed by atoms with E-state index in [2.05, 4.69) is 38.8 Å². The third-order valence-corrected chi connectivity index (χ3v) is 5.50. The number of piperidine rings is 1. The Morgan fingerprint density at radius 3 is 2.53 bits per heavy atom. The van der Waals surface area contributed by atoms with Gasteiger partial charge in [-0.2, -0.15) is 0 Å². The number of likely N-dealkylation sites (tertiary alicyclic amines) is 1. The summed E-state index contributed by atoms with van der Waals surface area (Å²) in [5, 5.41) is 0. The molecule has 1 saturated heterocycles. The molecule has 1 aromatic carbocycles. The van der Waals surface area contributed by atoms with Crippen molar-refractivity contribution in [2.24, 2.45) is 5.92 Å². The Morgan fingerprint density at radius 2 is 2.00 bits per heavy atom. The van der Waals surface area contributed by atoms with Crippen molar-refractivity contribution in [1.29, 1.82) is 0 Å². The van der Waals surface area contributed by atoms with Crippen LogP contribution in [0.1, 0.15) is 35.7 Å². The predicted molar refractivity (Wildman–Crippen MR) is 85.9 cm³/mol. The topological polar surface area (TPSA) is 20.3 Å². The monoisotopic (exact) mass is 387 g/mol. The Bertz CT molecular complexity index is 465. The number of carbonyl (C=O) groups is 1. The van der Waals surface area contributed by atoms with Crippen LogP contribution in [0.5, 0.6) is 0 Å². The fraction of sp³-hybridized carbons (Fsp3) is 0.533. The van der Waals surface area contributed by atoms with Gasteiger partial charge in [-0.25, -0.2) is 0 Å². The Kier molecular flexibility index (Phi) is 5.07. The Hall–Kier alpha value is -0.350. The van der Waals surface area contributed by atoms with Crippen LogP contribution in [0.4, 0.5) is 0 Å². The molecule has 1 aliphatic heterocycles. The number of hydrogen-bond donors (Lipinski definition) is 0. The smallest absolute Gasteiger partial charge is 0.253 e. The summed E-state index contributed by atoms with van der Waals surface area (Å²) in [7, 11) is 0. The van der Waals surface area contributed by atoms with E-state index in [0.717, 1.165) is 41.5 Å². The summed E-state index contributed by atoms with van der Waals surface area (Å²) < 4.78 is 1.00. The second-order valence-corrected chi connectivity index (χ2v) is 7.57. The second kappa shape index (κ2) is 6.40. The molecule has 1 aliphatic rings. The van der Waals surface area contributed by atoms with Crippen molar-refractivity contribution >= 4 is 37.8 Å². The highest BCUT2D eigenvalue weighted by Crippen LogP contribution is 2.26. The molecule has 19 heavy (non-hydrogen) atoms. The molecular weight excluding hydrogens is 370 g/mol. The van der Waals surface area contributed by atoms with Crippen molar-refractivity contribution in [3.05, 3.63) is 33.8 Å². The van der Waals surface area contributed by atoms with Crippen molar-refractivity contribution in [2.75, 3.05) is 13.1 Å². The standard InChI is InChI=1S/C15H19Br2NO/c1-10-3-4-13(9-14(10)17)15(19)18-7-5-12(6-8-18)11(2)16/h3-4,9,11-12H,5-8H2,1-2H3. The zero-order valence-electron chi connectivity index (χ0n) is 11.3. The minimum atomic E-state index is 0.154. The molecule has 0 radical (unpaired) electrons. The zero-order valence-corrected chi connectivity index (χ0v) is 14.5. The number of aryl methyl sites for hydroxylation is 1. The van der Waals surface area contributed by atoms with Crippen molar-refractivity contribution in [2.45, 2.75) is 31.5 Å². The summed E-state index contributed by atoms with van der Waals surface area (Å²) in [6.45, 7) is 5.95. The maximum Gasteiger partial charge on any atom is 0.253 e. The zero-order chi connectivity index (χ0) is 14.0. The molecule has 4 heteroatoms. The van der Waals surface area contributed by atoms with Crippen LogP contribution in [0.15, 0.2) is 22.7 Å². The first-order chi connectivity index (χ1) is 8.99. The second-order valence-electron chi connectivity index (χ2n) is 5.27. The molecule has 2 nitrogen and oxygen atoms in total. The van der Waals surface area contributed by atoms with Crippen molar-refractivity contribution < 1.29 is 4.79 Å². The SMILES string of the molecule is Cc1ccc(C(=O)N2CCC(C(C)Br)CC2)cc1Br. The molecule has 1 fully saturated rings. The van der Waals surface area contributed by atoms with E-state index in [0.29, 0.717) is 10.7 Å². The van der Waals surface area contributed by atoms with E-state index in [1.807, 2.05) is 30.0 Å². The van der Waals surface area contributed by atoms with Crippen LogP contribution in [-0.4, -0.2) is 28.7 Å². The Morgan fingerprint density at radius 1 is 1.37 bits per heavy atom. The molecule has 1 aromatic rings. The summed E-state index contributed by atoms with van der Waals surface area (Å²) in [6, 6.07) is 5.84. The highest BCUT2D eigenvalue weighted by atomic mass is 79.9. The quantitative estimate of drug-likeness (QED) is 0.688. The minimum absolute atomic E-state index is 0.154. The number of rotatable bonds is 2. The summed E-state index contributed by atoms with van der Waals surface area (Å²) in [6.07, 6.45) is 2.18. The molecule has 0 N–H and O–H groups in total. The number of halogens is 2. The number of nitrogens with zero attached hydrogens (tertiary/aromatic N) is 1. The van der Waals surface area contributed by atoms with Gasteiger partial charge in [-0.05, 0) is 43.4 Å². The summed E-state index contributed by atoms with van der Waals surface area (Å²) in [4.78, 5) is 14.9. The van der Waals surface area contributed by atoms with Gasteiger partial charge in [0, 0.05) is 28.0 Å². The lowest BCUT2D eigenvalue weighted by Gasteiger charge is -2.33. The third kappa shape index (κ3) is 3.60. The molecule has 0 aromatic heterocycles. The van der Waals surface area contributed by atoms with Gasteiger partial charge in [0.05, 0.1) is 0 Å². The van der Waals surface area contributed by atoms with Crippen LogP contribution in [0, 0.1) is 12.8 Å². The van der Waals surface area contributed by atoms with E-state index in [1.165, 1.54) is 0 Å². The highest BCUT2D eigenvalue weighted by Gasteiger charge is 2.25. The van der Waals surface area contributed by atoms with Crippen LogP contribution < -0.4 is 0 Å². The maximum absolute atomic E-state index is 12.4. The van der Waals surface area contributed by atoms with Crippen LogP contribution in [0.25, 0.3) is 0 Å². The van der Waals surface area contributed by atoms with E-state index in [1.54, 1.807) is 0 Å². The minimum Gasteiger partial charge on any atom is -0.339 e. The Balaban J connectivity index is 2.03. The third-order valence-electron chi connectivity index (χ3n) is 3.90. The molecule has 2 rings (SSSR count). The summed E-state index contributed by atoms with van der Waals surface area (Å²) in [5.41, 5.74) is 1.94. The fourth-order valence-corrected chi connectivity index (χ4v) is 3.38. The van der Waals surface area contributed by atoms with Crippen LogP contribution >= 0.6 is 31.9 Å². The lowest BCUT2D eigenvalue weighted by atomic mass is 9.94. The van der Waals surface area contributed by atoms with Crippen LogP contribution in [0.3, 0.4) is 0 Å². The molecular formula is C15H19Br2NO. The summed E-state index contributed by atoms with van der Waals surface area (Å²) >= 11 is 7.14. The molecule has 0 saturated carbocycles. The average molecular weight is 389 g/mol. The highest BCUT2D eigenvalue weighted by molar-refractivity contribution is 9.10. The van der Waals surface area contributed by atoms with E-state index in [-0.39, 0.29) is 5.91 Å². The molecule has 1 unspecified atom stereocenters. The number of benzene rings is 1. The van der Waals surface area contributed by atoms with Gasteiger partial charge in [0.15, 0.2) is 0 Å². The Labute approximate surface area is 131 Å². The van der Waals surface area contributed by atoms with E-state index < -0.39 is 0 Å². The van der Waals surface area contributed by atoms with Crippen molar-refractivity contribution in [1.82, 2.24) is 4.90 Å². The van der Waals surface area contributed by atoms with Crippen LogP contribution in [0.2, 0.25) is 0 Å². The van der Waals surface area contributed by atoms with Gasteiger partial charge in [0.1, 0.15) is 0 Å². The van der Waals surface area contributed by atoms with E-state index in [9.17, 15) is 4.79 Å². The molecule has 1 amide bonds. The van der Waals surface area contributed by atoms with Gasteiger partial charge in [-0.15, -0.1) is 0 Å². The van der Waals surface area contributed by atoms with E-state index >= 15 is 0 Å². The van der Waals surface area contributed by atoms with Gasteiger partial charge in [0.2, 0.25) is 0 Å². The molecule has 0 spiro atoms. The largest absolute Gasteiger partial charge is 0.339 e. The molecule has 1 atom stereocenters. The normalized spacial score (nSPS) is 18.4. The molecule has 1 heterocycles. The lowest BCUT2D eigenvalue weighted by molar-refractivity contribution is 0.0691. The number of carbonyl (C=O) groups excluding carboxylic acids is 1. The fourth-order valence-electron chi connectivity index (χ4n) is 2.47.